The number of sulfone groups is 1. The van der Waals surface area contributed by atoms with E-state index in [0.29, 0.717) is 16.3 Å². The highest BCUT2D eigenvalue weighted by Gasteiger charge is 2.21. The van der Waals surface area contributed by atoms with E-state index in [2.05, 4.69) is 11.4 Å². The summed E-state index contributed by atoms with van der Waals surface area (Å²) in [5, 5.41) is 12.9. The molecule has 2 aromatic rings. The summed E-state index contributed by atoms with van der Waals surface area (Å²) in [7, 11) is -3.27. The van der Waals surface area contributed by atoms with Crippen LogP contribution in [0, 0.1) is 11.3 Å². The normalized spacial score (nSPS) is 13.9. The van der Waals surface area contributed by atoms with Crippen molar-refractivity contribution in [2.75, 3.05) is 18.2 Å². The van der Waals surface area contributed by atoms with Crippen LogP contribution in [0.25, 0.3) is 0 Å². The lowest BCUT2D eigenvalue weighted by atomic mass is 10.1. The molecule has 1 N–H and O–H groups in total. The van der Waals surface area contributed by atoms with E-state index >= 15 is 0 Å². The van der Waals surface area contributed by atoms with Crippen molar-refractivity contribution >= 4 is 32.1 Å². The van der Waals surface area contributed by atoms with E-state index in [0.717, 1.165) is 37.5 Å². The van der Waals surface area contributed by atoms with Gasteiger partial charge in [-0.1, -0.05) is 6.42 Å². The zero-order chi connectivity index (χ0) is 19.4. The molecule has 1 heterocycles. The molecule has 1 aliphatic carbocycles. The molecule has 142 valence electrons. The maximum atomic E-state index is 12.2. The van der Waals surface area contributed by atoms with Crippen molar-refractivity contribution in [3.8, 4) is 11.8 Å². The smallest absolute Gasteiger partial charge is 0.262 e. The lowest BCUT2D eigenvalue weighted by Gasteiger charge is -2.07. The number of nitrogens with zero attached hydrogens (tertiary/aromatic N) is 1. The van der Waals surface area contributed by atoms with Gasteiger partial charge in [-0.3, -0.25) is 4.79 Å². The number of aryl methyl sites for hydroxylation is 1. The van der Waals surface area contributed by atoms with E-state index in [9.17, 15) is 18.5 Å². The molecule has 0 unspecified atom stereocenters. The van der Waals surface area contributed by atoms with E-state index < -0.39 is 9.84 Å². The summed E-state index contributed by atoms with van der Waals surface area (Å²) in [4.78, 5) is 13.6. The van der Waals surface area contributed by atoms with Crippen molar-refractivity contribution in [3.05, 3.63) is 40.3 Å². The average molecular weight is 405 g/mol. The number of carbonyl (C=O) groups is 1. The number of ether oxygens (including phenoxy) is 1. The molecule has 1 aromatic carbocycles. The van der Waals surface area contributed by atoms with Gasteiger partial charge in [-0.15, -0.1) is 11.3 Å². The van der Waals surface area contributed by atoms with E-state index in [4.69, 9.17) is 4.74 Å². The van der Waals surface area contributed by atoms with Crippen LogP contribution in [0.2, 0.25) is 0 Å². The number of nitriles is 1. The topological polar surface area (TPSA) is 96.3 Å². The minimum Gasteiger partial charge on any atom is -0.484 e. The number of thiophene rings is 1. The van der Waals surface area contributed by atoms with Gasteiger partial charge in [-0.05, 0) is 55.5 Å². The Bertz CT molecular complexity index is 986. The van der Waals surface area contributed by atoms with Gasteiger partial charge in [-0.25, -0.2) is 8.42 Å². The van der Waals surface area contributed by atoms with Crippen LogP contribution in [-0.4, -0.2) is 27.2 Å². The number of fused-ring (bicyclic) bond motifs is 1. The Hall–Kier alpha value is -2.37. The molecule has 1 aliphatic rings. The number of hydrogen-bond donors (Lipinski definition) is 1. The van der Waals surface area contributed by atoms with Crippen LogP contribution in [0.3, 0.4) is 0 Å². The van der Waals surface area contributed by atoms with Crippen LogP contribution in [0.4, 0.5) is 5.00 Å². The Morgan fingerprint density at radius 1 is 1.22 bits per heavy atom. The highest BCUT2D eigenvalue weighted by molar-refractivity contribution is 7.90. The van der Waals surface area contributed by atoms with Crippen LogP contribution in [0.15, 0.2) is 29.2 Å². The molecule has 0 radical (unpaired) electrons. The molecule has 0 saturated heterocycles. The Morgan fingerprint density at radius 3 is 2.59 bits per heavy atom. The van der Waals surface area contributed by atoms with Gasteiger partial charge in [0.1, 0.15) is 16.8 Å². The van der Waals surface area contributed by atoms with Gasteiger partial charge >= 0.3 is 0 Å². The fourth-order valence-corrected chi connectivity index (χ4v) is 4.93. The molecule has 0 spiro atoms. The molecule has 8 heteroatoms. The predicted molar refractivity (Wildman–Crippen MR) is 104 cm³/mol. The number of amides is 1. The Kier molecular flexibility index (Phi) is 5.82. The standard InChI is InChI=1S/C19H20N2O4S2/c1-27(23,24)14-9-7-13(8-10-14)25-12-18(22)21-19-16(11-20)15-5-3-2-4-6-17(15)26-19/h7-10H,2-6,12H2,1H3,(H,21,22). The Morgan fingerprint density at radius 2 is 1.93 bits per heavy atom. The van der Waals surface area contributed by atoms with E-state index in [1.165, 1.54) is 46.9 Å². The summed E-state index contributed by atoms with van der Waals surface area (Å²) in [6, 6.07) is 8.13. The second-order valence-corrected chi connectivity index (χ2v) is 9.58. The van der Waals surface area contributed by atoms with Crippen LogP contribution in [-0.2, 0) is 27.5 Å². The first-order chi connectivity index (χ1) is 12.9. The molecule has 27 heavy (non-hydrogen) atoms. The summed E-state index contributed by atoms with van der Waals surface area (Å²) < 4.78 is 28.3. The van der Waals surface area contributed by atoms with Crippen molar-refractivity contribution in [3.63, 3.8) is 0 Å². The van der Waals surface area contributed by atoms with Gasteiger partial charge in [0, 0.05) is 11.1 Å². The van der Waals surface area contributed by atoms with Gasteiger partial charge in [0.15, 0.2) is 16.4 Å². The molecule has 6 nitrogen and oxygen atoms in total. The zero-order valence-corrected chi connectivity index (χ0v) is 16.6. The summed E-state index contributed by atoms with van der Waals surface area (Å²) in [5.74, 6) is 0.0510. The average Bonchev–Trinajstić information content (AvgIpc) is 2.79. The summed E-state index contributed by atoms with van der Waals surface area (Å²) >= 11 is 1.48. The molecule has 3 rings (SSSR count). The third kappa shape index (κ3) is 4.67. The van der Waals surface area contributed by atoms with Crippen LogP contribution in [0.1, 0.15) is 35.3 Å². The molecule has 0 fully saturated rings. The first-order valence-electron chi connectivity index (χ1n) is 8.66. The van der Waals surface area contributed by atoms with Crippen LogP contribution < -0.4 is 10.1 Å². The van der Waals surface area contributed by atoms with Gasteiger partial charge < -0.3 is 10.1 Å². The fourth-order valence-electron chi connectivity index (χ4n) is 3.04. The maximum absolute atomic E-state index is 12.2. The fraction of sp³-hybridized carbons (Fsp3) is 0.368. The van der Waals surface area contributed by atoms with E-state index in [1.807, 2.05) is 0 Å². The monoisotopic (exact) mass is 404 g/mol. The molecular formula is C19H20N2O4S2. The second kappa shape index (κ2) is 8.11. The highest BCUT2D eigenvalue weighted by Crippen LogP contribution is 2.36. The summed E-state index contributed by atoms with van der Waals surface area (Å²) in [6.45, 7) is -0.217. The lowest BCUT2D eigenvalue weighted by Crippen LogP contribution is -2.20. The maximum Gasteiger partial charge on any atom is 0.262 e. The van der Waals surface area contributed by atoms with Crippen molar-refractivity contribution in [1.82, 2.24) is 0 Å². The molecular weight excluding hydrogens is 384 g/mol. The third-order valence-corrected chi connectivity index (χ3v) is 6.74. The Balaban J connectivity index is 1.64. The SMILES string of the molecule is CS(=O)(=O)c1ccc(OCC(=O)Nc2sc3c(c2C#N)CCCCC3)cc1. The molecule has 1 aromatic heterocycles. The molecule has 0 atom stereocenters. The Labute approximate surface area is 162 Å². The highest BCUT2D eigenvalue weighted by atomic mass is 32.2. The van der Waals surface area contributed by atoms with Crippen LogP contribution >= 0.6 is 11.3 Å². The number of rotatable bonds is 5. The number of benzene rings is 1. The summed E-state index contributed by atoms with van der Waals surface area (Å²) in [5.41, 5.74) is 1.65. The number of carbonyl (C=O) groups excluding carboxylic acids is 1. The van der Waals surface area contributed by atoms with Crippen molar-refractivity contribution in [2.45, 2.75) is 37.0 Å². The van der Waals surface area contributed by atoms with Crippen molar-refractivity contribution < 1.29 is 17.9 Å². The van der Waals surface area contributed by atoms with E-state index in [-0.39, 0.29) is 17.4 Å². The number of hydrogen-bond acceptors (Lipinski definition) is 6. The largest absolute Gasteiger partial charge is 0.484 e. The van der Waals surface area contributed by atoms with Crippen molar-refractivity contribution in [2.24, 2.45) is 0 Å². The van der Waals surface area contributed by atoms with Gasteiger partial charge in [0.25, 0.3) is 5.91 Å². The number of nitrogens with one attached hydrogen (secondary N) is 1. The number of anilines is 1. The van der Waals surface area contributed by atoms with Gasteiger partial charge in [-0.2, -0.15) is 5.26 Å². The molecule has 0 bridgehead atoms. The van der Waals surface area contributed by atoms with E-state index in [1.54, 1.807) is 0 Å². The second-order valence-electron chi connectivity index (χ2n) is 6.46. The molecule has 1 amide bonds. The minimum absolute atomic E-state index is 0.193. The first kappa shape index (κ1) is 19.4. The summed E-state index contributed by atoms with van der Waals surface area (Å²) in [6.07, 6.45) is 6.31. The molecule has 0 saturated carbocycles. The van der Waals surface area contributed by atoms with Crippen LogP contribution in [0.5, 0.6) is 5.75 Å². The van der Waals surface area contributed by atoms with Gasteiger partial charge in [0.05, 0.1) is 10.5 Å². The lowest BCUT2D eigenvalue weighted by molar-refractivity contribution is -0.118. The minimum atomic E-state index is -3.27. The zero-order valence-electron chi connectivity index (χ0n) is 14.9. The first-order valence-corrected chi connectivity index (χ1v) is 11.4. The van der Waals surface area contributed by atoms with Gasteiger partial charge in [0.2, 0.25) is 0 Å². The van der Waals surface area contributed by atoms with Crippen molar-refractivity contribution in [1.29, 1.82) is 5.26 Å². The molecule has 0 aliphatic heterocycles. The quantitative estimate of drug-likeness (QED) is 0.771. The predicted octanol–water partition coefficient (Wildman–Crippen LogP) is 3.31. The third-order valence-electron chi connectivity index (χ3n) is 4.41.